The normalized spacial score (nSPS) is 16.8. The first-order chi connectivity index (χ1) is 8.29. The Hall–Kier alpha value is -1.06. The quantitative estimate of drug-likeness (QED) is 0.761. The van der Waals surface area contributed by atoms with Crippen LogP contribution in [-0.2, 0) is 0 Å². The summed E-state index contributed by atoms with van der Waals surface area (Å²) in [6.07, 6.45) is 3.04. The van der Waals surface area contributed by atoms with Crippen molar-refractivity contribution in [3.8, 4) is 5.75 Å². The summed E-state index contributed by atoms with van der Waals surface area (Å²) in [6.45, 7) is 3.43. The number of benzene rings is 1. The van der Waals surface area contributed by atoms with Crippen LogP contribution in [0, 0.1) is 0 Å². The molecule has 3 heteroatoms. The largest absolute Gasteiger partial charge is 0.494 e. The van der Waals surface area contributed by atoms with Gasteiger partial charge >= 0.3 is 0 Å². The fourth-order valence-corrected chi connectivity index (χ4v) is 1.72. The van der Waals surface area contributed by atoms with Gasteiger partial charge in [-0.05, 0) is 37.0 Å². The van der Waals surface area contributed by atoms with Gasteiger partial charge in [-0.25, -0.2) is 0 Å². The highest BCUT2D eigenvalue weighted by atomic mass is 16.5. The Labute approximate surface area is 103 Å². The summed E-state index contributed by atoms with van der Waals surface area (Å²) in [5.74, 6) is 0.842. The summed E-state index contributed by atoms with van der Waals surface area (Å²) in [6, 6.07) is 8.36. The van der Waals surface area contributed by atoms with E-state index in [2.05, 4.69) is 12.2 Å². The summed E-state index contributed by atoms with van der Waals surface area (Å²) < 4.78 is 5.55. The fraction of sp³-hybridized carbons (Fsp3) is 0.571. The van der Waals surface area contributed by atoms with E-state index in [-0.39, 0.29) is 0 Å². The van der Waals surface area contributed by atoms with E-state index in [9.17, 15) is 5.11 Å². The van der Waals surface area contributed by atoms with Crippen LogP contribution < -0.4 is 10.1 Å². The highest BCUT2D eigenvalue weighted by molar-refractivity contribution is 5.30. The van der Waals surface area contributed by atoms with E-state index < -0.39 is 6.10 Å². The molecule has 0 saturated heterocycles. The fourth-order valence-electron chi connectivity index (χ4n) is 1.72. The van der Waals surface area contributed by atoms with Gasteiger partial charge in [-0.15, -0.1) is 0 Å². The predicted molar refractivity (Wildman–Crippen MR) is 68.2 cm³/mol. The lowest BCUT2D eigenvalue weighted by Gasteiger charge is -2.13. The van der Waals surface area contributed by atoms with Gasteiger partial charge in [0.25, 0.3) is 0 Å². The standard InChI is InChI=1S/C14H21NO2/c1-2-8-17-13-5-3-4-11(9-13)14(16)10-15-12-6-7-12/h3-5,9,12,14-16H,2,6-8,10H2,1H3. The number of aliphatic hydroxyl groups excluding tert-OH is 1. The molecule has 17 heavy (non-hydrogen) atoms. The SMILES string of the molecule is CCCOc1cccc(C(O)CNC2CC2)c1. The number of ether oxygens (including phenoxy) is 1. The summed E-state index contributed by atoms with van der Waals surface area (Å²) in [7, 11) is 0. The van der Waals surface area contributed by atoms with Crippen molar-refractivity contribution in [3.05, 3.63) is 29.8 Å². The monoisotopic (exact) mass is 235 g/mol. The molecule has 0 aliphatic heterocycles. The Morgan fingerprint density at radius 1 is 1.47 bits per heavy atom. The van der Waals surface area contributed by atoms with E-state index in [1.54, 1.807) is 0 Å². The zero-order chi connectivity index (χ0) is 12.1. The molecule has 0 bridgehead atoms. The molecule has 1 fully saturated rings. The zero-order valence-corrected chi connectivity index (χ0v) is 10.4. The summed E-state index contributed by atoms with van der Waals surface area (Å²) in [5, 5.41) is 13.4. The molecule has 2 rings (SSSR count). The first-order valence-corrected chi connectivity index (χ1v) is 6.44. The first-order valence-electron chi connectivity index (χ1n) is 6.44. The van der Waals surface area contributed by atoms with Crippen molar-refractivity contribution in [2.75, 3.05) is 13.2 Å². The Balaban J connectivity index is 1.88. The molecule has 1 aromatic carbocycles. The second-order valence-corrected chi connectivity index (χ2v) is 4.62. The molecule has 1 aliphatic rings. The smallest absolute Gasteiger partial charge is 0.119 e. The lowest BCUT2D eigenvalue weighted by atomic mass is 10.1. The minimum atomic E-state index is -0.444. The maximum Gasteiger partial charge on any atom is 0.119 e. The van der Waals surface area contributed by atoms with Gasteiger partial charge in [0.1, 0.15) is 5.75 Å². The molecule has 1 aliphatic carbocycles. The Morgan fingerprint density at radius 2 is 2.29 bits per heavy atom. The van der Waals surface area contributed by atoms with Crippen LogP contribution in [0.3, 0.4) is 0 Å². The minimum Gasteiger partial charge on any atom is -0.494 e. The molecular weight excluding hydrogens is 214 g/mol. The molecule has 0 spiro atoms. The minimum absolute atomic E-state index is 0.444. The van der Waals surface area contributed by atoms with Crippen molar-refractivity contribution in [1.29, 1.82) is 0 Å². The molecule has 1 atom stereocenters. The Bertz CT molecular complexity index is 350. The van der Waals surface area contributed by atoms with E-state index in [1.165, 1.54) is 12.8 Å². The second kappa shape index (κ2) is 6.03. The van der Waals surface area contributed by atoms with Crippen LogP contribution in [0.1, 0.15) is 37.9 Å². The molecule has 0 heterocycles. The topological polar surface area (TPSA) is 41.5 Å². The average molecular weight is 235 g/mol. The second-order valence-electron chi connectivity index (χ2n) is 4.62. The van der Waals surface area contributed by atoms with E-state index in [0.29, 0.717) is 12.6 Å². The number of nitrogens with one attached hydrogen (secondary N) is 1. The molecule has 3 nitrogen and oxygen atoms in total. The number of hydrogen-bond donors (Lipinski definition) is 2. The van der Waals surface area contributed by atoms with Crippen LogP contribution in [0.25, 0.3) is 0 Å². The van der Waals surface area contributed by atoms with Crippen LogP contribution in [0.4, 0.5) is 0 Å². The Kier molecular flexibility index (Phi) is 4.40. The Morgan fingerprint density at radius 3 is 3.00 bits per heavy atom. The van der Waals surface area contributed by atoms with Gasteiger partial charge in [-0.2, -0.15) is 0 Å². The van der Waals surface area contributed by atoms with Crippen LogP contribution in [0.15, 0.2) is 24.3 Å². The molecule has 0 aromatic heterocycles. The van der Waals surface area contributed by atoms with E-state index in [0.717, 1.165) is 24.3 Å². The maximum absolute atomic E-state index is 10.0. The van der Waals surface area contributed by atoms with Gasteiger partial charge in [0.15, 0.2) is 0 Å². The van der Waals surface area contributed by atoms with Crippen LogP contribution in [0.5, 0.6) is 5.75 Å². The summed E-state index contributed by atoms with van der Waals surface area (Å²) in [4.78, 5) is 0. The third kappa shape index (κ3) is 4.02. The molecule has 1 saturated carbocycles. The van der Waals surface area contributed by atoms with Crippen LogP contribution >= 0.6 is 0 Å². The third-order valence-electron chi connectivity index (χ3n) is 2.89. The first kappa shape index (κ1) is 12.4. The van der Waals surface area contributed by atoms with E-state index in [4.69, 9.17) is 4.74 Å². The van der Waals surface area contributed by atoms with Crippen molar-refractivity contribution >= 4 is 0 Å². The van der Waals surface area contributed by atoms with Crippen molar-refractivity contribution in [1.82, 2.24) is 5.32 Å². The van der Waals surface area contributed by atoms with Gasteiger partial charge in [0.2, 0.25) is 0 Å². The van der Waals surface area contributed by atoms with Crippen LogP contribution in [-0.4, -0.2) is 24.3 Å². The molecule has 2 N–H and O–H groups in total. The van der Waals surface area contributed by atoms with Gasteiger partial charge < -0.3 is 15.2 Å². The van der Waals surface area contributed by atoms with E-state index in [1.807, 2.05) is 24.3 Å². The predicted octanol–water partition coefficient (Wildman–Crippen LogP) is 2.26. The maximum atomic E-state index is 10.0. The number of rotatable bonds is 7. The van der Waals surface area contributed by atoms with Crippen molar-refractivity contribution in [2.45, 2.75) is 38.3 Å². The highest BCUT2D eigenvalue weighted by Crippen LogP contribution is 2.22. The molecule has 94 valence electrons. The van der Waals surface area contributed by atoms with Crippen molar-refractivity contribution < 1.29 is 9.84 Å². The number of aliphatic hydroxyl groups is 1. The van der Waals surface area contributed by atoms with Gasteiger partial charge in [0.05, 0.1) is 12.7 Å². The van der Waals surface area contributed by atoms with Crippen LogP contribution in [0.2, 0.25) is 0 Å². The zero-order valence-electron chi connectivity index (χ0n) is 10.4. The average Bonchev–Trinajstić information content (AvgIpc) is 3.18. The molecule has 0 amide bonds. The molecule has 1 aromatic rings. The summed E-state index contributed by atoms with van der Waals surface area (Å²) >= 11 is 0. The number of hydrogen-bond acceptors (Lipinski definition) is 3. The molecule has 1 unspecified atom stereocenters. The lowest BCUT2D eigenvalue weighted by Crippen LogP contribution is -2.23. The molecular formula is C14H21NO2. The van der Waals surface area contributed by atoms with Gasteiger partial charge in [-0.3, -0.25) is 0 Å². The van der Waals surface area contributed by atoms with Crippen molar-refractivity contribution in [2.24, 2.45) is 0 Å². The van der Waals surface area contributed by atoms with Gasteiger partial charge in [0, 0.05) is 12.6 Å². The lowest BCUT2D eigenvalue weighted by molar-refractivity contribution is 0.173. The van der Waals surface area contributed by atoms with Gasteiger partial charge in [-0.1, -0.05) is 19.1 Å². The molecule has 0 radical (unpaired) electrons. The summed E-state index contributed by atoms with van der Waals surface area (Å²) in [5.41, 5.74) is 0.923. The third-order valence-corrected chi connectivity index (χ3v) is 2.89. The van der Waals surface area contributed by atoms with E-state index >= 15 is 0 Å². The van der Waals surface area contributed by atoms with Crippen molar-refractivity contribution in [3.63, 3.8) is 0 Å². The highest BCUT2D eigenvalue weighted by Gasteiger charge is 2.21.